The molecule has 1 aromatic heterocycles. The molecule has 0 aliphatic heterocycles. The summed E-state index contributed by atoms with van der Waals surface area (Å²) in [7, 11) is 4.13. The van der Waals surface area contributed by atoms with E-state index in [4.69, 9.17) is 10.7 Å². The normalized spacial score (nSPS) is 11.9. The SMILES string of the molecule is Cn1c(=O)c2cc(S(=O)(=O)Cl)ccc2n(C)c1=O. The van der Waals surface area contributed by atoms with Gasteiger partial charge in [0.25, 0.3) is 14.6 Å². The summed E-state index contributed by atoms with van der Waals surface area (Å²) in [6, 6.07) is 3.80. The Kier molecular flexibility index (Phi) is 2.83. The van der Waals surface area contributed by atoms with Gasteiger partial charge in [0, 0.05) is 24.8 Å². The fourth-order valence-corrected chi connectivity index (χ4v) is 2.50. The van der Waals surface area contributed by atoms with Crippen molar-refractivity contribution in [3.63, 3.8) is 0 Å². The van der Waals surface area contributed by atoms with Crippen LogP contribution in [0.25, 0.3) is 10.9 Å². The largest absolute Gasteiger partial charge is 0.330 e. The zero-order valence-electron chi connectivity index (χ0n) is 9.55. The average Bonchev–Trinajstić information content (AvgIpc) is 2.32. The second-order valence-corrected chi connectivity index (χ2v) is 6.39. The lowest BCUT2D eigenvalue weighted by Crippen LogP contribution is -2.36. The van der Waals surface area contributed by atoms with E-state index in [0.29, 0.717) is 5.52 Å². The molecule has 0 fully saturated rings. The molecule has 0 unspecified atom stereocenters. The Morgan fingerprint density at radius 3 is 2.28 bits per heavy atom. The molecule has 2 rings (SSSR count). The summed E-state index contributed by atoms with van der Waals surface area (Å²) in [5.41, 5.74) is -0.684. The lowest BCUT2D eigenvalue weighted by atomic mass is 10.2. The molecule has 0 aliphatic carbocycles. The standard InChI is InChI=1S/C10H9ClN2O4S/c1-12-8-4-3-6(18(11,16)17)5-7(8)9(14)13(2)10(12)15/h3-5H,1-2H3. The number of aryl methyl sites for hydroxylation is 1. The summed E-state index contributed by atoms with van der Waals surface area (Å²) in [4.78, 5) is 23.4. The molecule has 0 bridgehead atoms. The lowest BCUT2D eigenvalue weighted by Gasteiger charge is -2.07. The first kappa shape index (κ1) is 12.8. The quantitative estimate of drug-likeness (QED) is 0.701. The van der Waals surface area contributed by atoms with Crippen LogP contribution in [0.3, 0.4) is 0 Å². The summed E-state index contributed by atoms with van der Waals surface area (Å²) in [5, 5.41) is 0.126. The van der Waals surface area contributed by atoms with Crippen LogP contribution in [0, 0.1) is 0 Å². The molecule has 1 heterocycles. The van der Waals surface area contributed by atoms with Gasteiger partial charge in [0.15, 0.2) is 0 Å². The molecule has 0 N–H and O–H groups in total. The van der Waals surface area contributed by atoms with Crippen molar-refractivity contribution in [3.8, 4) is 0 Å². The predicted molar refractivity (Wildman–Crippen MR) is 67.5 cm³/mol. The lowest BCUT2D eigenvalue weighted by molar-refractivity contribution is 0.609. The second kappa shape index (κ2) is 3.96. The molecule has 96 valence electrons. The van der Waals surface area contributed by atoms with Crippen molar-refractivity contribution in [1.82, 2.24) is 9.13 Å². The van der Waals surface area contributed by atoms with E-state index in [1.54, 1.807) is 0 Å². The minimum atomic E-state index is -3.91. The van der Waals surface area contributed by atoms with E-state index in [2.05, 4.69) is 0 Å². The third kappa shape index (κ3) is 1.85. The number of halogens is 1. The van der Waals surface area contributed by atoms with E-state index in [0.717, 1.165) is 4.57 Å². The molecule has 6 nitrogen and oxygen atoms in total. The van der Waals surface area contributed by atoms with Crippen LogP contribution in [0.4, 0.5) is 0 Å². The molecule has 0 radical (unpaired) electrons. The van der Waals surface area contributed by atoms with Crippen molar-refractivity contribution in [1.29, 1.82) is 0 Å². The number of nitrogens with zero attached hydrogens (tertiary/aromatic N) is 2. The van der Waals surface area contributed by atoms with Crippen molar-refractivity contribution >= 4 is 30.6 Å². The Morgan fingerprint density at radius 2 is 1.72 bits per heavy atom. The number of fused-ring (bicyclic) bond motifs is 1. The number of benzene rings is 1. The van der Waals surface area contributed by atoms with Gasteiger partial charge >= 0.3 is 5.69 Å². The first-order valence-corrected chi connectivity index (χ1v) is 7.19. The first-order valence-electron chi connectivity index (χ1n) is 4.88. The monoisotopic (exact) mass is 288 g/mol. The highest BCUT2D eigenvalue weighted by molar-refractivity contribution is 8.13. The highest BCUT2D eigenvalue weighted by Gasteiger charge is 2.14. The van der Waals surface area contributed by atoms with Crippen molar-refractivity contribution in [2.75, 3.05) is 0 Å². The maximum atomic E-state index is 11.9. The number of rotatable bonds is 1. The van der Waals surface area contributed by atoms with E-state index in [-0.39, 0.29) is 10.3 Å². The van der Waals surface area contributed by atoms with Gasteiger partial charge in [-0.25, -0.2) is 13.2 Å². The van der Waals surface area contributed by atoms with Gasteiger partial charge in [-0.15, -0.1) is 0 Å². The number of hydrogen-bond acceptors (Lipinski definition) is 4. The molecular weight excluding hydrogens is 280 g/mol. The van der Waals surface area contributed by atoms with Gasteiger partial charge in [-0.1, -0.05) is 0 Å². The van der Waals surface area contributed by atoms with Gasteiger partial charge in [0.1, 0.15) is 0 Å². The fourth-order valence-electron chi connectivity index (χ4n) is 1.73. The Bertz CT molecular complexity index is 864. The van der Waals surface area contributed by atoms with Crippen LogP contribution >= 0.6 is 10.7 Å². The zero-order valence-corrected chi connectivity index (χ0v) is 11.1. The molecule has 2 aromatic rings. The number of aromatic nitrogens is 2. The maximum Gasteiger partial charge on any atom is 0.330 e. The summed E-state index contributed by atoms with van der Waals surface area (Å²) in [5.74, 6) is 0. The Morgan fingerprint density at radius 1 is 1.11 bits per heavy atom. The van der Waals surface area contributed by atoms with Gasteiger partial charge in [0.2, 0.25) is 0 Å². The first-order chi connectivity index (χ1) is 8.23. The summed E-state index contributed by atoms with van der Waals surface area (Å²) >= 11 is 0. The van der Waals surface area contributed by atoms with Crippen molar-refractivity contribution in [2.45, 2.75) is 4.90 Å². The van der Waals surface area contributed by atoms with Gasteiger partial charge in [-0.2, -0.15) is 0 Å². The van der Waals surface area contributed by atoms with E-state index < -0.39 is 20.3 Å². The zero-order chi connectivity index (χ0) is 13.7. The second-order valence-electron chi connectivity index (χ2n) is 3.82. The topological polar surface area (TPSA) is 78.1 Å². The Hall–Kier alpha value is -1.60. The van der Waals surface area contributed by atoms with Gasteiger partial charge in [-0.05, 0) is 18.2 Å². The summed E-state index contributed by atoms with van der Waals surface area (Å²) in [6.45, 7) is 0. The smallest absolute Gasteiger partial charge is 0.296 e. The maximum absolute atomic E-state index is 11.9. The minimum Gasteiger partial charge on any atom is -0.296 e. The minimum absolute atomic E-state index is 0.126. The van der Waals surface area contributed by atoms with E-state index in [9.17, 15) is 18.0 Å². The predicted octanol–water partition coefficient (Wildman–Crippen LogP) is 0.165. The molecule has 0 atom stereocenters. The molecular formula is C10H9ClN2O4S. The third-order valence-electron chi connectivity index (χ3n) is 2.72. The van der Waals surface area contributed by atoms with Crippen molar-refractivity contribution < 1.29 is 8.42 Å². The molecule has 0 aliphatic rings. The van der Waals surface area contributed by atoms with E-state index in [1.165, 1.54) is 36.9 Å². The van der Waals surface area contributed by atoms with Crippen LogP contribution in [-0.2, 0) is 23.1 Å². The van der Waals surface area contributed by atoms with Crippen molar-refractivity contribution in [3.05, 3.63) is 39.0 Å². The Balaban J connectivity index is 3.05. The van der Waals surface area contributed by atoms with Crippen LogP contribution in [0.1, 0.15) is 0 Å². The van der Waals surface area contributed by atoms with Crippen LogP contribution in [-0.4, -0.2) is 17.6 Å². The molecule has 1 aromatic carbocycles. The van der Waals surface area contributed by atoms with Gasteiger partial charge in [0.05, 0.1) is 15.8 Å². The third-order valence-corrected chi connectivity index (χ3v) is 4.07. The summed E-state index contributed by atoms with van der Waals surface area (Å²) in [6.07, 6.45) is 0. The summed E-state index contributed by atoms with van der Waals surface area (Å²) < 4.78 is 24.6. The molecule has 0 saturated carbocycles. The molecule has 0 saturated heterocycles. The fraction of sp³-hybridized carbons (Fsp3) is 0.200. The molecule has 0 spiro atoms. The molecule has 18 heavy (non-hydrogen) atoms. The highest BCUT2D eigenvalue weighted by Crippen LogP contribution is 2.18. The highest BCUT2D eigenvalue weighted by atomic mass is 35.7. The number of hydrogen-bond donors (Lipinski definition) is 0. The molecule has 0 amide bonds. The van der Waals surface area contributed by atoms with Gasteiger partial charge < -0.3 is 0 Å². The molecule has 8 heteroatoms. The van der Waals surface area contributed by atoms with Crippen LogP contribution in [0.5, 0.6) is 0 Å². The Labute approximate surface area is 106 Å². The van der Waals surface area contributed by atoms with Crippen LogP contribution in [0.15, 0.2) is 32.7 Å². The van der Waals surface area contributed by atoms with Gasteiger partial charge in [-0.3, -0.25) is 13.9 Å². The van der Waals surface area contributed by atoms with Crippen LogP contribution in [0.2, 0.25) is 0 Å². The van der Waals surface area contributed by atoms with Crippen LogP contribution < -0.4 is 11.2 Å². The van der Waals surface area contributed by atoms with E-state index in [1.807, 2.05) is 0 Å². The van der Waals surface area contributed by atoms with E-state index >= 15 is 0 Å². The average molecular weight is 289 g/mol. The van der Waals surface area contributed by atoms with Crippen molar-refractivity contribution in [2.24, 2.45) is 14.1 Å².